The Kier molecular flexibility index (Phi) is 8.15. The molecule has 0 spiro atoms. The maximum absolute atomic E-state index is 12.3. The summed E-state index contributed by atoms with van der Waals surface area (Å²) in [6, 6.07) is 10.2. The van der Waals surface area contributed by atoms with E-state index in [1.807, 2.05) is 39.0 Å². The van der Waals surface area contributed by atoms with Gasteiger partial charge in [0.25, 0.3) is 5.22 Å². The number of thioether (sulfide) groups is 1. The van der Waals surface area contributed by atoms with Crippen molar-refractivity contribution in [2.45, 2.75) is 45.3 Å². The Morgan fingerprint density at radius 2 is 1.87 bits per heavy atom. The minimum Gasteiger partial charge on any atom is -0.496 e. The van der Waals surface area contributed by atoms with Crippen LogP contribution in [0.15, 0.2) is 44.4 Å². The van der Waals surface area contributed by atoms with Crippen molar-refractivity contribution >= 4 is 39.3 Å². The molecule has 0 aliphatic rings. The number of anilines is 1. The fraction of sp³-hybridized carbons (Fsp3) is 0.348. The molecule has 0 aliphatic heterocycles. The number of methoxy groups -OCH3 is 1. The Morgan fingerprint density at radius 3 is 2.61 bits per heavy atom. The summed E-state index contributed by atoms with van der Waals surface area (Å²) in [7, 11) is 1.68. The van der Waals surface area contributed by atoms with Crippen molar-refractivity contribution in [1.29, 1.82) is 0 Å². The summed E-state index contributed by atoms with van der Waals surface area (Å²) in [5.41, 5.74) is 5.43. The predicted octanol–water partition coefficient (Wildman–Crippen LogP) is 5.67. The number of amides is 1. The Balaban J connectivity index is 1.45. The molecule has 1 heterocycles. The summed E-state index contributed by atoms with van der Waals surface area (Å²) in [4.78, 5) is 12.3. The molecule has 2 aromatic carbocycles. The van der Waals surface area contributed by atoms with E-state index < -0.39 is 0 Å². The molecule has 31 heavy (non-hydrogen) atoms. The summed E-state index contributed by atoms with van der Waals surface area (Å²) in [6.07, 6.45) is 2.52. The normalized spacial score (nSPS) is 10.9. The zero-order valence-corrected chi connectivity index (χ0v) is 20.5. The molecule has 3 aromatic rings. The molecule has 0 radical (unpaired) electrons. The Bertz CT molecular complexity index is 1070. The lowest BCUT2D eigenvalue weighted by atomic mass is 10.1. The lowest BCUT2D eigenvalue weighted by Crippen LogP contribution is -2.14. The first kappa shape index (κ1) is 23.3. The summed E-state index contributed by atoms with van der Waals surface area (Å²) >= 11 is 4.73. The van der Waals surface area contributed by atoms with Gasteiger partial charge in [0.1, 0.15) is 5.75 Å². The zero-order chi connectivity index (χ0) is 22.4. The number of ether oxygens (including phenoxy) is 1. The number of halogens is 1. The first-order chi connectivity index (χ1) is 14.9. The molecule has 0 saturated carbocycles. The maximum atomic E-state index is 12.3. The second kappa shape index (κ2) is 10.8. The van der Waals surface area contributed by atoms with Gasteiger partial charge >= 0.3 is 0 Å². The minimum absolute atomic E-state index is 0.122. The van der Waals surface area contributed by atoms with Gasteiger partial charge in [-0.2, -0.15) is 0 Å². The molecule has 164 valence electrons. The topological polar surface area (TPSA) is 77.2 Å². The molecule has 1 N–H and O–H groups in total. The van der Waals surface area contributed by atoms with E-state index in [0.717, 1.165) is 39.9 Å². The number of nitrogens with one attached hydrogen (secondary N) is 1. The minimum atomic E-state index is -0.122. The van der Waals surface area contributed by atoms with Gasteiger partial charge in [-0.05, 0) is 90.0 Å². The monoisotopic (exact) mass is 503 g/mol. The van der Waals surface area contributed by atoms with Crippen LogP contribution in [0.25, 0.3) is 0 Å². The van der Waals surface area contributed by atoms with Crippen LogP contribution in [0, 0.1) is 20.8 Å². The van der Waals surface area contributed by atoms with E-state index in [4.69, 9.17) is 9.15 Å². The number of carbonyl (C=O) groups is 1. The van der Waals surface area contributed by atoms with E-state index in [1.165, 1.54) is 22.9 Å². The number of benzene rings is 2. The third-order valence-electron chi connectivity index (χ3n) is 4.95. The van der Waals surface area contributed by atoms with Gasteiger partial charge < -0.3 is 14.5 Å². The number of hydrogen-bond acceptors (Lipinski definition) is 6. The average Bonchev–Trinajstić information content (AvgIpc) is 3.18. The van der Waals surface area contributed by atoms with Crippen molar-refractivity contribution in [3.05, 3.63) is 62.9 Å². The molecule has 3 rings (SSSR count). The van der Waals surface area contributed by atoms with E-state index in [0.29, 0.717) is 17.5 Å². The van der Waals surface area contributed by atoms with Crippen LogP contribution in [0.2, 0.25) is 0 Å². The van der Waals surface area contributed by atoms with E-state index in [-0.39, 0.29) is 11.7 Å². The van der Waals surface area contributed by atoms with Crippen LogP contribution in [-0.2, 0) is 17.6 Å². The quantitative estimate of drug-likeness (QED) is 0.379. The fourth-order valence-electron chi connectivity index (χ4n) is 3.13. The largest absolute Gasteiger partial charge is 0.496 e. The lowest BCUT2D eigenvalue weighted by molar-refractivity contribution is -0.113. The van der Waals surface area contributed by atoms with E-state index in [1.54, 1.807) is 7.11 Å². The van der Waals surface area contributed by atoms with Crippen LogP contribution in [-0.4, -0.2) is 29.0 Å². The van der Waals surface area contributed by atoms with E-state index in [9.17, 15) is 4.79 Å². The first-order valence-electron chi connectivity index (χ1n) is 10.0. The first-order valence-corrected chi connectivity index (χ1v) is 11.8. The van der Waals surface area contributed by atoms with E-state index >= 15 is 0 Å². The van der Waals surface area contributed by atoms with Gasteiger partial charge in [0.05, 0.1) is 18.6 Å². The molecule has 1 aromatic heterocycles. The SMILES string of the molecule is COc1ccc(CCCc2nnc(SCC(=O)Nc3cc(C)c(C)cc3Br)o2)cc1C. The molecule has 0 atom stereocenters. The summed E-state index contributed by atoms with van der Waals surface area (Å²) in [6.45, 7) is 6.09. The Morgan fingerprint density at radius 1 is 1.10 bits per heavy atom. The number of carbonyl (C=O) groups excluding carboxylic acids is 1. The van der Waals surface area contributed by atoms with Gasteiger partial charge in [-0.15, -0.1) is 10.2 Å². The van der Waals surface area contributed by atoms with Crippen molar-refractivity contribution < 1.29 is 13.9 Å². The van der Waals surface area contributed by atoms with Gasteiger partial charge in [0.2, 0.25) is 11.8 Å². The summed E-state index contributed by atoms with van der Waals surface area (Å²) < 4.78 is 11.8. The maximum Gasteiger partial charge on any atom is 0.277 e. The third-order valence-corrected chi connectivity index (χ3v) is 6.42. The van der Waals surface area contributed by atoms with Gasteiger partial charge in [0, 0.05) is 10.9 Å². The van der Waals surface area contributed by atoms with Crippen molar-refractivity contribution in [2.75, 3.05) is 18.2 Å². The molecule has 1 amide bonds. The van der Waals surface area contributed by atoms with Crippen LogP contribution in [0.1, 0.15) is 34.6 Å². The Hall–Kier alpha value is -2.32. The molecule has 0 bridgehead atoms. The highest BCUT2D eigenvalue weighted by atomic mass is 79.9. The van der Waals surface area contributed by atoms with Gasteiger partial charge in [0.15, 0.2) is 0 Å². The van der Waals surface area contributed by atoms with Crippen molar-refractivity contribution in [3.63, 3.8) is 0 Å². The van der Waals surface area contributed by atoms with E-state index in [2.05, 4.69) is 43.6 Å². The summed E-state index contributed by atoms with van der Waals surface area (Å²) in [5, 5.41) is 11.5. The Labute approximate surface area is 195 Å². The second-order valence-corrected chi connectivity index (χ2v) is 9.15. The van der Waals surface area contributed by atoms with Crippen LogP contribution in [0.4, 0.5) is 5.69 Å². The highest BCUT2D eigenvalue weighted by Gasteiger charge is 2.12. The number of rotatable bonds is 9. The predicted molar refractivity (Wildman–Crippen MR) is 127 cm³/mol. The molecule has 6 nitrogen and oxygen atoms in total. The fourth-order valence-corrected chi connectivity index (χ4v) is 4.27. The molecule has 0 saturated heterocycles. The van der Waals surface area contributed by atoms with Crippen LogP contribution in [0.5, 0.6) is 5.75 Å². The highest BCUT2D eigenvalue weighted by molar-refractivity contribution is 9.10. The standard InChI is InChI=1S/C23H26BrN3O3S/c1-14-11-18(24)19(12-15(14)2)25-21(28)13-31-23-27-26-22(30-23)7-5-6-17-8-9-20(29-4)16(3)10-17/h8-12H,5-7,13H2,1-4H3,(H,25,28). The third kappa shape index (κ3) is 6.58. The average molecular weight is 504 g/mol. The van der Waals surface area contributed by atoms with Crippen LogP contribution in [0.3, 0.4) is 0 Å². The molecule has 8 heteroatoms. The number of aryl methyl sites for hydroxylation is 5. The smallest absolute Gasteiger partial charge is 0.277 e. The number of nitrogens with zero attached hydrogens (tertiary/aromatic N) is 2. The van der Waals surface area contributed by atoms with Crippen LogP contribution < -0.4 is 10.1 Å². The molecule has 0 unspecified atom stereocenters. The second-order valence-electron chi connectivity index (χ2n) is 7.37. The van der Waals surface area contributed by atoms with Crippen molar-refractivity contribution in [3.8, 4) is 5.75 Å². The molecule has 0 fully saturated rings. The van der Waals surface area contributed by atoms with Gasteiger partial charge in [-0.3, -0.25) is 4.79 Å². The molecular weight excluding hydrogens is 478 g/mol. The van der Waals surface area contributed by atoms with Crippen LogP contribution >= 0.6 is 27.7 Å². The van der Waals surface area contributed by atoms with Gasteiger partial charge in [-0.25, -0.2) is 0 Å². The van der Waals surface area contributed by atoms with Gasteiger partial charge in [-0.1, -0.05) is 23.9 Å². The molecule has 0 aliphatic carbocycles. The highest BCUT2D eigenvalue weighted by Crippen LogP contribution is 2.27. The summed E-state index contributed by atoms with van der Waals surface area (Å²) in [5.74, 6) is 1.57. The zero-order valence-electron chi connectivity index (χ0n) is 18.1. The number of hydrogen-bond donors (Lipinski definition) is 1. The molecular formula is C23H26BrN3O3S. The number of aromatic nitrogens is 2. The lowest BCUT2D eigenvalue weighted by Gasteiger charge is -2.09. The van der Waals surface area contributed by atoms with Crippen molar-refractivity contribution in [1.82, 2.24) is 10.2 Å². The van der Waals surface area contributed by atoms with Crippen molar-refractivity contribution in [2.24, 2.45) is 0 Å².